The zero-order valence-electron chi connectivity index (χ0n) is 9.60. The Morgan fingerprint density at radius 3 is 2.88 bits per heavy atom. The molecule has 0 aromatic carbocycles. The summed E-state index contributed by atoms with van der Waals surface area (Å²) in [7, 11) is 1.93. The average molecular weight is 237 g/mol. The first kappa shape index (κ1) is 11.3. The lowest BCUT2D eigenvalue weighted by atomic mass is 10.0. The Bertz CT molecular complexity index is 438. The molecule has 0 amide bonds. The normalized spacial score (nSPS) is 14.9. The molecule has 0 radical (unpaired) electrons. The van der Waals surface area contributed by atoms with E-state index in [-0.39, 0.29) is 5.92 Å². The number of nitrogens with zero attached hydrogens (tertiary/aromatic N) is 2. The van der Waals surface area contributed by atoms with Gasteiger partial charge in [-0.15, -0.1) is 11.3 Å². The van der Waals surface area contributed by atoms with Gasteiger partial charge >= 0.3 is 0 Å². The first-order valence-electron chi connectivity index (χ1n) is 5.27. The zero-order chi connectivity index (χ0) is 11.5. The van der Waals surface area contributed by atoms with Gasteiger partial charge in [-0.05, 0) is 25.4 Å². The van der Waals surface area contributed by atoms with Crippen molar-refractivity contribution in [2.45, 2.75) is 25.8 Å². The van der Waals surface area contributed by atoms with E-state index in [4.69, 9.17) is 4.52 Å². The summed E-state index contributed by atoms with van der Waals surface area (Å²) >= 11 is 1.61. The van der Waals surface area contributed by atoms with Gasteiger partial charge in [-0.2, -0.15) is 4.98 Å². The molecule has 0 saturated carbocycles. The number of likely N-dealkylation sites (N-methyl/N-ethyl adjacent to an activating group) is 1. The van der Waals surface area contributed by atoms with Gasteiger partial charge < -0.3 is 9.84 Å². The largest absolute Gasteiger partial charge is 0.339 e. The second-order valence-corrected chi connectivity index (χ2v) is 4.75. The van der Waals surface area contributed by atoms with Crippen LogP contribution in [0.4, 0.5) is 0 Å². The summed E-state index contributed by atoms with van der Waals surface area (Å²) in [5.41, 5.74) is 0. The van der Waals surface area contributed by atoms with Gasteiger partial charge in [0.1, 0.15) is 0 Å². The molecule has 0 aliphatic heterocycles. The van der Waals surface area contributed by atoms with E-state index in [0.29, 0.717) is 17.8 Å². The van der Waals surface area contributed by atoms with E-state index in [1.165, 1.54) is 0 Å². The quantitative estimate of drug-likeness (QED) is 0.887. The molecule has 86 valence electrons. The molecule has 2 aromatic rings. The topological polar surface area (TPSA) is 51.0 Å². The first-order chi connectivity index (χ1) is 7.72. The molecule has 5 heteroatoms. The van der Waals surface area contributed by atoms with Gasteiger partial charge in [-0.25, -0.2) is 0 Å². The fraction of sp³-hybridized carbons (Fsp3) is 0.455. The highest BCUT2D eigenvalue weighted by Crippen LogP contribution is 2.24. The Hall–Kier alpha value is -1.20. The molecular formula is C11H15N3OS. The molecule has 2 aromatic heterocycles. The SMILES string of the molecule is CNC(C)C(C)c1nc(-c2cccs2)no1. The molecule has 2 unspecified atom stereocenters. The van der Waals surface area contributed by atoms with Crippen molar-refractivity contribution in [3.8, 4) is 10.7 Å². The molecule has 16 heavy (non-hydrogen) atoms. The molecule has 2 rings (SSSR count). The molecule has 1 N–H and O–H groups in total. The van der Waals surface area contributed by atoms with Crippen LogP contribution in [0.25, 0.3) is 10.7 Å². The third-order valence-electron chi connectivity index (χ3n) is 2.78. The van der Waals surface area contributed by atoms with Crippen LogP contribution in [-0.4, -0.2) is 23.2 Å². The average Bonchev–Trinajstić information content (AvgIpc) is 2.96. The van der Waals surface area contributed by atoms with Gasteiger partial charge in [0.2, 0.25) is 11.7 Å². The number of hydrogen-bond donors (Lipinski definition) is 1. The second-order valence-electron chi connectivity index (χ2n) is 3.80. The van der Waals surface area contributed by atoms with E-state index < -0.39 is 0 Å². The summed E-state index contributed by atoms with van der Waals surface area (Å²) in [4.78, 5) is 5.46. The molecule has 0 bridgehead atoms. The van der Waals surface area contributed by atoms with Crippen molar-refractivity contribution >= 4 is 11.3 Å². The Morgan fingerprint density at radius 2 is 2.25 bits per heavy atom. The van der Waals surface area contributed by atoms with Crippen LogP contribution < -0.4 is 5.32 Å². The third-order valence-corrected chi connectivity index (χ3v) is 3.64. The summed E-state index contributed by atoms with van der Waals surface area (Å²) in [5, 5.41) is 9.18. The van der Waals surface area contributed by atoms with Crippen LogP contribution in [0.1, 0.15) is 25.7 Å². The predicted octanol–water partition coefficient (Wildman–Crippen LogP) is 2.51. The monoisotopic (exact) mass is 237 g/mol. The summed E-state index contributed by atoms with van der Waals surface area (Å²) in [6.07, 6.45) is 0. The lowest BCUT2D eigenvalue weighted by Gasteiger charge is -2.14. The van der Waals surface area contributed by atoms with Crippen molar-refractivity contribution in [3.05, 3.63) is 23.4 Å². The van der Waals surface area contributed by atoms with E-state index in [1.54, 1.807) is 11.3 Å². The minimum atomic E-state index is 0.214. The van der Waals surface area contributed by atoms with Gasteiger partial charge in [0.15, 0.2) is 0 Å². The highest BCUT2D eigenvalue weighted by atomic mass is 32.1. The summed E-state index contributed by atoms with van der Waals surface area (Å²) < 4.78 is 5.28. The number of rotatable bonds is 4. The summed E-state index contributed by atoms with van der Waals surface area (Å²) in [6, 6.07) is 4.29. The Balaban J connectivity index is 2.20. The van der Waals surface area contributed by atoms with Gasteiger partial charge in [-0.3, -0.25) is 0 Å². The summed E-state index contributed by atoms with van der Waals surface area (Å²) in [5.74, 6) is 1.58. The van der Waals surface area contributed by atoms with E-state index in [2.05, 4.69) is 29.3 Å². The van der Waals surface area contributed by atoms with E-state index in [9.17, 15) is 0 Å². The fourth-order valence-electron chi connectivity index (χ4n) is 1.39. The van der Waals surface area contributed by atoms with Crippen LogP contribution in [0, 0.1) is 0 Å². The van der Waals surface area contributed by atoms with Gasteiger partial charge in [0.25, 0.3) is 0 Å². The van der Waals surface area contributed by atoms with Gasteiger partial charge in [0.05, 0.1) is 10.8 Å². The second kappa shape index (κ2) is 4.76. The summed E-state index contributed by atoms with van der Waals surface area (Å²) in [6.45, 7) is 4.17. The maximum absolute atomic E-state index is 5.28. The zero-order valence-corrected chi connectivity index (χ0v) is 10.4. The van der Waals surface area contributed by atoms with Gasteiger partial charge in [-0.1, -0.05) is 18.1 Å². The number of aromatic nitrogens is 2. The Kier molecular flexibility index (Phi) is 3.36. The molecule has 0 saturated heterocycles. The van der Waals surface area contributed by atoms with E-state index >= 15 is 0 Å². The number of thiophene rings is 1. The van der Waals surface area contributed by atoms with Crippen molar-refractivity contribution in [1.82, 2.24) is 15.5 Å². The minimum absolute atomic E-state index is 0.214. The maximum atomic E-state index is 5.28. The molecule has 0 fully saturated rings. The van der Waals surface area contributed by atoms with Crippen LogP contribution in [-0.2, 0) is 0 Å². The highest BCUT2D eigenvalue weighted by molar-refractivity contribution is 7.13. The fourth-order valence-corrected chi connectivity index (χ4v) is 2.04. The number of hydrogen-bond acceptors (Lipinski definition) is 5. The van der Waals surface area contributed by atoms with Gasteiger partial charge in [0, 0.05) is 6.04 Å². The van der Waals surface area contributed by atoms with Crippen LogP contribution >= 0.6 is 11.3 Å². The van der Waals surface area contributed by atoms with E-state index in [0.717, 1.165) is 4.88 Å². The molecule has 0 spiro atoms. The maximum Gasteiger partial charge on any atom is 0.231 e. The minimum Gasteiger partial charge on any atom is -0.339 e. The van der Waals surface area contributed by atoms with Crippen molar-refractivity contribution in [1.29, 1.82) is 0 Å². The first-order valence-corrected chi connectivity index (χ1v) is 6.15. The standard InChI is InChI=1S/C11H15N3OS/c1-7(8(2)12-3)11-13-10(14-15-11)9-5-4-6-16-9/h4-8,12H,1-3H3. The van der Waals surface area contributed by atoms with Crippen LogP contribution in [0.3, 0.4) is 0 Å². The van der Waals surface area contributed by atoms with Crippen LogP contribution in [0.15, 0.2) is 22.0 Å². The Labute approximate surface area is 98.7 Å². The van der Waals surface area contributed by atoms with Crippen molar-refractivity contribution in [3.63, 3.8) is 0 Å². The predicted molar refractivity (Wildman–Crippen MR) is 64.5 cm³/mol. The van der Waals surface area contributed by atoms with Crippen LogP contribution in [0.2, 0.25) is 0 Å². The highest BCUT2D eigenvalue weighted by Gasteiger charge is 2.20. The van der Waals surface area contributed by atoms with Crippen molar-refractivity contribution in [2.75, 3.05) is 7.05 Å². The molecular weight excluding hydrogens is 222 g/mol. The van der Waals surface area contributed by atoms with E-state index in [1.807, 2.05) is 24.6 Å². The Morgan fingerprint density at radius 1 is 1.44 bits per heavy atom. The molecule has 2 atom stereocenters. The molecule has 2 heterocycles. The van der Waals surface area contributed by atoms with Crippen molar-refractivity contribution < 1.29 is 4.52 Å². The number of nitrogens with one attached hydrogen (secondary N) is 1. The molecule has 4 nitrogen and oxygen atoms in total. The molecule has 0 aliphatic rings. The van der Waals surface area contributed by atoms with Crippen LogP contribution in [0.5, 0.6) is 0 Å². The smallest absolute Gasteiger partial charge is 0.231 e. The van der Waals surface area contributed by atoms with Crippen molar-refractivity contribution in [2.24, 2.45) is 0 Å². The third kappa shape index (κ3) is 2.15. The lowest BCUT2D eigenvalue weighted by molar-refractivity contribution is 0.336. The lowest BCUT2D eigenvalue weighted by Crippen LogP contribution is -2.27. The molecule has 0 aliphatic carbocycles.